The normalized spacial score (nSPS) is 12.6. The van der Waals surface area contributed by atoms with Gasteiger partial charge in [-0.15, -0.1) is 11.3 Å². The summed E-state index contributed by atoms with van der Waals surface area (Å²) in [7, 11) is 3.37. The number of carbonyl (C=O) groups excluding carboxylic acids is 1. The highest BCUT2D eigenvalue weighted by Crippen LogP contribution is 2.33. The largest absolute Gasteiger partial charge is 0.380 e. The number of benzene rings is 1. The topological polar surface area (TPSA) is 50.4 Å². The summed E-state index contributed by atoms with van der Waals surface area (Å²) < 4.78 is 19.9. The number of ether oxygens (including phenoxy) is 1. The third-order valence-corrected chi connectivity index (χ3v) is 4.52. The highest BCUT2D eigenvalue weighted by atomic mass is 32.1. The summed E-state index contributed by atoms with van der Waals surface area (Å²) in [6.07, 6.45) is 0. The molecule has 2 aromatic rings. The Kier molecular flexibility index (Phi) is 5.27. The predicted molar refractivity (Wildman–Crippen MR) is 83.4 cm³/mol. The molecule has 1 atom stereocenters. The standard InChI is InChI=1S/C15H19FN2O2S/c1-9(17-2)7-18-15(19)14-10(8-20-3)13-11(16)5-4-6-12(13)21-14/h4-6,9,17H,7-8H2,1-3H3,(H,18,19). The molecule has 0 aliphatic heterocycles. The van der Waals surface area contributed by atoms with Gasteiger partial charge in [-0.3, -0.25) is 4.79 Å². The van der Waals surface area contributed by atoms with Gasteiger partial charge in [0.1, 0.15) is 5.82 Å². The minimum atomic E-state index is -0.321. The molecule has 0 fully saturated rings. The Bertz CT molecular complexity index is 642. The number of carbonyl (C=O) groups is 1. The summed E-state index contributed by atoms with van der Waals surface area (Å²) in [5.74, 6) is -0.511. The first kappa shape index (κ1) is 15.9. The van der Waals surface area contributed by atoms with E-state index in [0.29, 0.717) is 22.4 Å². The molecule has 0 radical (unpaired) electrons. The van der Waals surface area contributed by atoms with Gasteiger partial charge in [-0.2, -0.15) is 0 Å². The molecule has 6 heteroatoms. The molecular weight excluding hydrogens is 291 g/mol. The molecular formula is C15H19FN2O2S. The zero-order chi connectivity index (χ0) is 15.4. The lowest BCUT2D eigenvalue weighted by Gasteiger charge is -2.11. The third-order valence-electron chi connectivity index (χ3n) is 3.32. The second kappa shape index (κ2) is 6.98. The molecule has 0 saturated carbocycles. The van der Waals surface area contributed by atoms with Crippen LogP contribution in [0.25, 0.3) is 10.1 Å². The Morgan fingerprint density at radius 1 is 1.48 bits per heavy atom. The molecule has 1 heterocycles. The van der Waals surface area contributed by atoms with E-state index in [9.17, 15) is 9.18 Å². The van der Waals surface area contributed by atoms with E-state index in [-0.39, 0.29) is 24.4 Å². The summed E-state index contributed by atoms with van der Waals surface area (Å²) in [5, 5.41) is 6.39. The fraction of sp³-hybridized carbons (Fsp3) is 0.400. The van der Waals surface area contributed by atoms with Crippen LogP contribution in [0.3, 0.4) is 0 Å². The number of fused-ring (bicyclic) bond motifs is 1. The number of halogens is 1. The molecule has 0 bridgehead atoms. The van der Waals surface area contributed by atoms with Crippen molar-refractivity contribution in [2.45, 2.75) is 19.6 Å². The van der Waals surface area contributed by atoms with Gasteiger partial charge in [-0.05, 0) is 26.1 Å². The van der Waals surface area contributed by atoms with E-state index in [0.717, 1.165) is 4.70 Å². The molecule has 0 aliphatic rings. The monoisotopic (exact) mass is 310 g/mol. The minimum Gasteiger partial charge on any atom is -0.380 e. The number of hydrogen-bond acceptors (Lipinski definition) is 4. The van der Waals surface area contributed by atoms with Crippen LogP contribution in [0.1, 0.15) is 22.2 Å². The number of methoxy groups -OCH3 is 1. The number of hydrogen-bond donors (Lipinski definition) is 2. The fourth-order valence-electron chi connectivity index (χ4n) is 2.06. The van der Waals surface area contributed by atoms with Gasteiger partial charge in [0, 0.05) is 35.3 Å². The predicted octanol–water partition coefficient (Wildman–Crippen LogP) is 2.52. The van der Waals surface area contributed by atoms with Crippen molar-refractivity contribution in [3.05, 3.63) is 34.5 Å². The Balaban J connectivity index is 2.36. The molecule has 0 aliphatic carbocycles. The van der Waals surface area contributed by atoms with Gasteiger partial charge in [0.15, 0.2) is 0 Å². The maximum absolute atomic E-state index is 14.0. The molecule has 0 saturated heterocycles. The van der Waals surface area contributed by atoms with E-state index in [1.54, 1.807) is 6.07 Å². The summed E-state index contributed by atoms with van der Waals surface area (Å²) in [5.41, 5.74) is 0.616. The van der Waals surface area contributed by atoms with Crippen LogP contribution in [0.5, 0.6) is 0 Å². The first-order chi connectivity index (χ1) is 10.1. The van der Waals surface area contributed by atoms with Crippen molar-refractivity contribution in [3.8, 4) is 0 Å². The molecule has 114 valence electrons. The highest BCUT2D eigenvalue weighted by Gasteiger charge is 2.20. The van der Waals surface area contributed by atoms with Crippen molar-refractivity contribution < 1.29 is 13.9 Å². The maximum Gasteiger partial charge on any atom is 0.261 e. The zero-order valence-electron chi connectivity index (χ0n) is 12.3. The van der Waals surface area contributed by atoms with Gasteiger partial charge >= 0.3 is 0 Å². The second-order valence-electron chi connectivity index (χ2n) is 4.86. The van der Waals surface area contributed by atoms with Crippen molar-refractivity contribution >= 4 is 27.3 Å². The SMILES string of the molecule is CNC(C)CNC(=O)c1sc2cccc(F)c2c1COC. The fourth-order valence-corrected chi connectivity index (χ4v) is 3.20. The average molecular weight is 310 g/mol. The summed E-state index contributed by atoms with van der Waals surface area (Å²) >= 11 is 1.29. The lowest BCUT2D eigenvalue weighted by Crippen LogP contribution is -2.37. The highest BCUT2D eigenvalue weighted by molar-refractivity contribution is 7.21. The quantitative estimate of drug-likeness (QED) is 0.862. The number of rotatable bonds is 6. The number of thiophene rings is 1. The van der Waals surface area contributed by atoms with Crippen molar-refractivity contribution in [2.75, 3.05) is 20.7 Å². The van der Waals surface area contributed by atoms with Crippen LogP contribution in [0.4, 0.5) is 4.39 Å². The van der Waals surface area contributed by atoms with Gasteiger partial charge in [-0.1, -0.05) is 6.07 Å². The van der Waals surface area contributed by atoms with Crippen LogP contribution >= 0.6 is 11.3 Å². The average Bonchev–Trinajstić information content (AvgIpc) is 2.85. The molecule has 1 amide bonds. The molecule has 1 aromatic heterocycles. The van der Waals surface area contributed by atoms with Gasteiger partial charge in [0.05, 0.1) is 11.5 Å². The van der Waals surface area contributed by atoms with E-state index in [1.165, 1.54) is 24.5 Å². The smallest absolute Gasteiger partial charge is 0.261 e. The van der Waals surface area contributed by atoms with E-state index in [4.69, 9.17) is 4.74 Å². The third kappa shape index (κ3) is 3.40. The minimum absolute atomic E-state index is 0.172. The van der Waals surface area contributed by atoms with Gasteiger partial charge in [0.2, 0.25) is 0 Å². The summed E-state index contributed by atoms with van der Waals surface area (Å²) in [6.45, 7) is 2.70. The van der Waals surface area contributed by atoms with Gasteiger partial charge in [-0.25, -0.2) is 4.39 Å². The Hall–Kier alpha value is -1.50. The van der Waals surface area contributed by atoms with Gasteiger partial charge in [0.25, 0.3) is 5.91 Å². The van der Waals surface area contributed by atoms with Crippen LogP contribution < -0.4 is 10.6 Å². The Labute approximate surface area is 127 Å². The lowest BCUT2D eigenvalue weighted by atomic mass is 10.1. The lowest BCUT2D eigenvalue weighted by molar-refractivity contribution is 0.0950. The van der Waals surface area contributed by atoms with Crippen molar-refractivity contribution in [1.29, 1.82) is 0 Å². The molecule has 1 unspecified atom stereocenters. The van der Waals surface area contributed by atoms with Crippen molar-refractivity contribution in [2.24, 2.45) is 0 Å². The van der Waals surface area contributed by atoms with Crippen molar-refractivity contribution in [1.82, 2.24) is 10.6 Å². The number of amides is 1. The van der Waals surface area contributed by atoms with E-state index in [2.05, 4.69) is 10.6 Å². The van der Waals surface area contributed by atoms with E-state index < -0.39 is 0 Å². The molecule has 2 rings (SSSR count). The van der Waals surface area contributed by atoms with E-state index in [1.807, 2.05) is 20.0 Å². The molecule has 4 nitrogen and oxygen atoms in total. The van der Waals surface area contributed by atoms with Crippen LogP contribution in [-0.4, -0.2) is 32.7 Å². The summed E-state index contributed by atoms with van der Waals surface area (Å²) in [6, 6.07) is 5.04. The van der Waals surface area contributed by atoms with Crippen LogP contribution in [0.15, 0.2) is 18.2 Å². The molecule has 1 aromatic carbocycles. The van der Waals surface area contributed by atoms with Crippen LogP contribution in [0, 0.1) is 5.82 Å². The van der Waals surface area contributed by atoms with Crippen LogP contribution in [-0.2, 0) is 11.3 Å². The maximum atomic E-state index is 14.0. The number of likely N-dealkylation sites (N-methyl/N-ethyl adjacent to an activating group) is 1. The van der Waals surface area contributed by atoms with Gasteiger partial charge < -0.3 is 15.4 Å². The van der Waals surface area contributed by atoms with Crippen LogP contribution in [0.2, 0.25) is 0 Å². The first-order valence-corrected chi connectivity index (χ1v) is 7.54. The molecule has 2 N–H and O–H groups in total. The first-order valence-electron chi connectivity index (χ1n) is 6.72. The van der Waals surface area contributed by atoms with Crippen molar-refractivity contribution in [3.63, 3.8) is 0 Å². The van der Waals surface area contributed by atoms with E-state index >= 15 is 0 Å². The zero-order valence-corrected chi connectivity index (χ0v) is 13.1. The Morgan fingerprint density at radius 2 is 2.24 bits per heavy atom. The Morgan fingerprint density at radius 3 is 2.90 bits per heavy atom. The molecule has 0 spiro atoms. The second-order valence-corrected chi connectivity index (χ2v) is 5.91. The molecule has 21 heavy (non-hydrogen) atoms. The summed E-state index contributed by atoms with van der Waals surface area (Å²) in [4.78, 5) is 12.8. The number of nitrogens with one attached hydrogen (secondary N) is 2.